The first-order valence-corrected chi connectivity index (χ1v) is 13.6. The highest BCUT2D eigenvalue weighted by molar-refractivity contribution is 7.89. The Balaban J connectivity index is 1.27. The topological polar surface area (TPSA) is 106 Å². The minimum atomic E-state index is -3.76. The number of benzene rings is 4. The molecule has 0 bridgehead atoms. The van der Waals surface area contributed by atoms with Crippen molar-refractivity contribution in [3.05, 3.63) is 114 Å². The second-order valence-corrected chi connectivity index (χ2v) is 10.9. The van der Waals surface area contributed by atoms with Gasteiger partial charge in [0.05, 0.1) is 21.7 Å². The second kappa shape index (κ2) is 10.6. The predicted molar refractivity (Wildman–Crippen MR) is 147 cm³/mol. The fraction of sp³-hybridized carbons (Fsp3) is 0.133. The van der Waals surface area contributed by atoms with Crippen LogP contribution >= 0.6 is 0 Å². The molecule has 7 nitrogen and oxygen atoms in total. The van der Waals surface area contributed by atoms with Crippen LogP contribution in [0.5, 0.6) is 5.75 Å². The van der Waals surface area contributed by atoms with Gasteiger partial charge in [0.15, 0.2) is 0 Å². The molecule has 0 aliphatic heterocycles. The molecule has 5 rings (SSSR count). The Bertz CT molecular complexity index is 1730. The van der Waals surface area contributed by atoms with Gasteiger partial charge in [-0.1, -0.05) is 55.5 Å². The molecule has 0 aliphatic carbocycles. The monoisotopic (exact) mass is 526 g/mol. The van der Waals surface area contributed by atoms with Crippen LogP contribution in [0.4, 0.5) is 0 Å². The molecule has 1 unspecified atom stereocenters. The number of carbonyl (C=O) groups is 1. The van der Waals surface area contributed by atoms with Crippen molar-refractivity contribution in [1.82, 2.24) is 9.71 Å². The number of sulfonamides is 1. The summed E-state index contributed by atoms with van der Waals surface area (Å²) < 4.78 is 34.7. The van der Waals surface area contributed by atoms with Crippen molar-refractivity contribution >= 4 is 37.7 Å². The van der Waals surface area contributed by atoms with E-state index >= 15 is 0 Å². The van der Waals surface area contributed by atoms with Gasteiger partial charge < -0.3 is 9.84 Å². The lowest BCUT2D eigenvalue weighted by Gasteiger charge is -2.14. The molecular weight excluding hydrogens is 500 g/mol. The number of nitrogens with one attached hydrogen (secondary N) is 1. The molecule has 0 fully saturated rings. The van der Waals surface area contributed by atoms with E-state index in [1.165, 1.54) is 12.1 Å². The van der Waals surface area contributed by atoms with Gasteiger partial charge in [-0.2, -0.15) is 0 Å². The molecule has 0 saturated heterocycles. The van der Waals surface area contributed by atoms with Crippen LogP contribution in [0, 0.1) is 0 Å². The van der Waals surface area contributed by atoms with Crippen molar-refractivity contribution in [2.24, 2.45) is 0 Å². The summed E-state index contributed by atoms with van der Waals surface area (Å²) in [5, 5.41) is 11.8. The first kappa shape index (κ1) is 25.4. The van der Waals surface area contributed by atoms with E-state index in [9.17, 15) is 13.2 Å². The van der Waals surface area contributed by atoms with Gasteiger partial charge in [-0.15, -0.1) is 0 Å². The van der Waals surface area contributed by atoms with Crippen LogP contribution in [0.2, 0.25) is 0 Å². The maximum Gasteiger partial charge on any atom is 0.335 e. The normalized spacial score (nSPS) is 12.4. The van der Waals surface area contributed by atoms with Crippen molar-refractivity contribution in [3.8, 4) is 5.75 Å². The van der Waals surface area contributed by atoms with Crippen molar-refractivity contribution < 1.29 is 23.1 Å². The van der Waals surface area contributed by atoms with Gasteiger partial charge in [-0.25, -0.2) is 22.9 Å². The number of ether oxygens (including phenoxy) is 1. The zero-order chi connectivity index (χ0) is 26.7. The Hall–Kier alpha value is -4.27. The highest BCUT2D eigenvalue weighted by atomic mass is 32.2. The van der Waals surface area contributed by atoms with Gasteiger partial charge >= 0.3 is 5.97 Å². The Labute approximate surface area is 220 Å². The number of fused-ring (bicyclic) bond motifs is 2. The van der Waals surface area contributed by atoms with E-state index in [1.54, 1.807) is 30.3 Å². The van der Waals surface area contributed by atoms with E-state index in [-0.39, 0.29) is 22.9 Å². The third kappa shape index (κ3) is 5.66. The van der Waals surface area contributed by atoms with Crippen molar-refractivity contribution in [3.63, 3.8) is 0 Å². The summed E-state index contributed by atoms with van der Waals surface area (Å²) >= 11 is 0. The smallest absolute Gasteiger partial charge is 0.335 e. The van der Waals surface area contributed by atoms with Crippen molar-refractivity contribution in [2.45, 2.75) is 24.3 Å². The zero-order valence-electron chi connectivity index (χ0n) is 20.7. The van der Waals surface area contributed by atoms with Crippen LogP contribution in [-0.4, -0.2) is 31.0 Å². The Kier molecular flexibility index (Phi) is 7.09. The molecule has 0 saturated carbocycles. The molecular formula is C30H26N2O5S. The van der Waals surface area contributed by atoms with Crippen LogP contribution in [0.15, 0.2) is 102 Å². The highest BCUT2D eigenvalue weighted by Crippen LogP contribution is 2.25. The summed E-state index contributed by atoms with van der Waals surface area (Å²) in [4.78, 5) is 15.8. The van der Waals surface area contributed by atoms with E-state index in [0.29, 0.717) is 12.4 Å². The van der Waals surface area contributed by atoms with Crippen molar-refractivity contribution in [2.75, 3.05) is 6.54 Å². The summed E-state index contributed by atoms with van der Waals surface area (Å²) in [6.07, 6.45) is 0. The van der Waals surface area contributed by atoms with Crippen LogP contribution in [0.1, 0.15) is 34.5 Å². The number of hydrogen-bond donors (Lipinski definition) is 2. The number of aromatic carboxylic acids is 1. The standard InChI is InChI=1S/C30H26N2O5S/c1-20(21-6-8-24(9-7-21)30(33)34)18-31-38(35,36)28-15-12-22-11-14-27(16-25(22)17-28)37-19-26-13-10-23-4-2-3-5-29(23)32-26/h2-17,20,31H,18-19H2,1H3,(H,33,34). The summed E-state index contributed by atoms with van der Waals surface area (Å²) in [6, 6.07) is 28.8. The van der Waals surface area contributed by atoms with E-state index in [2.05, 4.69) is 9.71 Å². The van der Waals surface area contributed by atoms with Crippen LogP contribution in [0.3, 0.4) is 0 Å². The Morgan fingerprint density at radius 2 is 1.63 bits per heavy atom. The number of nitrogens with zero attached hydrogens (tertiary/aromatic N) is 1. The minimum absolute atomic E-state index is 0.142. The summed E-state index contributed by atoms with van der Waals surface area (Å²) in [5.41, 5.74) is 2.74. The molecule has 0 aliphatic rings. The third-order valence-corrected chi connectivity index (χ3v) is 7.86. The summed E-state index contributed by atoms with van der Waals surface area (Å²) in [5.74, 6) is -0.523. The SMILES string of the molecule is CC(CNS(=O)(=O)c1ccc2ccc(OCc3ccc4ccccc4n3)cc2c1)c1ccc(C(=O)O)cc1. The van der Waals surface area contributed by atoms with Crippen LogP contribution in [-0.2, 0) is 16.6 Å². The van der Waals surface area contributed by atoms with Gasteiger partial charge in [0.25, 0.3) is 0 Å². The third-order valence-electron chi connectivity index (χ3n) is 6.44. The molecule has 38 heavy (non-hydrogen) atoms. The lowest BCUT2D eigenvalue weighted by atomic mass is 10.0. The lowest BCUT2D eigenvalue weighted by Crippen LogP contribution is -2.27. The average molecular weight is 527 g/mol. The maximum absolute atomic E-state index is 13.0. The quantitative estimate of drug-likeness (QED) is 0.253. The maximum atomic E-state index is 13.0. The zero-order valence-corrected chi connectivity index (χ0v) is 21.5. The molecule has 2 N–H and O–H groups in total. The van der Waals surface area contributed by atoms with Gasteiger partial charge in [0, 0.05) is 11.9 Å². The molecule has 4 aromatic carbocycles. The minimum Gasteiger partial charge on any atom is -0.487 e. The highest BCUT2D eigenvalue weighted by Gasteiger charge is 2.17. The summed E-state index contributed by atoms with van der Waals surface area (Å²) in [6.45, 7) is 2.35. The number of rotatable bonds is 9. The van der Waals surface area contributed by atoms with Gasteiger partial charge in [-0.3, -0.25) is 0 Å². The largest absolute Gasteiger partial charge is 0.487 e. The van der Waals surface area contributed by atoms with Crippen molar-refractivity contribution in [1.29, 1.82) is 0 Å². The molecule has 0 spiro atoms. The molecule has 8 heteroatoms. The Morgan fingerprint density at radius 3 is 2.42 bits per heavy atom. The molecule has 0 radical (unpaired) electrons. The fourth-order valence-electron chi connectivity index (χ4n) is 4.20. The number of hydrogen-bond acceptors (Lipinski definition) is 5. The number of carboxylic acids is 1. The fourth-order valence-corrected chi connectivity index (χ4v) is 5.36. The Morgan fingerprint density at radius 1 is 0.895 bits per heavy atom. The number of pyridine rings is 1. The first-order chi connectivity index (χ1) is 18.3. The van der Waals surface area contributed by atoms with Gasteiger partial charge in [0.1, 0.15) is 12.4 Å². The summed E-state index contributed by atoms with van der Waals surface area (Å²) in [7, 11) is -3.76. The first-order valence-electron chi connectivity index (χ1n) is 12.1. The molecule has 1 aromatic heterocycles. The van der Waals surface area contributed by atoms with E-state index in [1.807, 2.05) is 61.5 Å². The molecule has 1 heterocycles. The number of para-hydroxylation sites is 1. The van der Waals surface area contributed by atoms with Crippen LogP contribution in [0.25, 0.3) is 21.7 Å². The van der Waals surface area contributed by atoms with E-state index in [0.717, 1.165) is 32.9 Å². The van der Waals surface area contributed by atoms with Gasteiger partial charge in [0.2, 0.25) is 10.0 Å². The lowest BCUT2D eigenvalue weighted by molar-refractivity contribution is 0.0697. The molecule has 5 aromatic rings. The number of aromatic nitrogens is 1. The molecule has 0 amide bonds. The molecule has 192 valence electrons. The average Bonchev–Trinajstić information content (AvgIpc) is 2.94. The van der Waals surface area contributed by atoms with E-state index in [4.69, 9.17) is 9.84 Å². The molecule has 1 atom stereocenters. The number of carboxylic acid groups (broad SMARTS) is 1. The second-order valence-electron chi connectivity index (χ2n) is 9.13. The van der Waals surface area contributed by atoms with Crippen LogP contribution < -0.4 is 9.46 Å². The van der Waals surface area contributed by atoms with Gasteiger partial charge in [-0.05, 0) is 70.8 Å². The van der Waals surface area contributed by atoms with E-state index < -0.39 is 16.0 Å². The predicted octanol–water partition coefficient (Wildman–Crippen LogP) is 5.75.